The van der Waals surface area contributed by atoms with Crippen molar-refractivity contribution in [2.75, 3.05) is 20.2 Å². The third kappa shape index (κ3) is 2.82. The van der Waals surface area contributed by atoms with Crippen molar-refractivity contribution in [3.8, 4) is 5.69 Å². The fraction of sp³-hybridized carbons (Fsp3) is 0.364. The lowest BCUT2D eigenvalue weighted by molar-refractivity contribution is -0.141. The molecule has 106 valence electrons. The van der Waals surface area contributed by atoms with Gasteiger partial charge in [-0.15, -0.1) is 16.4 Å². The molecule has 0 aromatic carbocycles. The Kier molecular flexibility index (Phi) is 4.41. The van der Waals surface area contributed by atoms with Gasteiger partial charge in [0, 0.05) is 6.54 Å². The molecule has 2 rings (SSSR count). The van der Waals surface area contributed by atoms with Crippen LogP contribution < -0.4 is 0 Å². The summed E-state index contributed by atoms with van der Waals surface area (Å²) in [6.45, 7) is 2.12. The molecule has 0 aliphatic carbocycles. The minimum Gasteiger partial charge on any atom is -0.468 e. The van der Waals surface area contributed by atoms with Crippen LogP contribution in [-0.4, -0.2) is 57.2 Å². The Morgan fingerprint density at radius 1 is 1.50 bits per heavy atom. The SMILES string of the molecule is CCN(CC(=O)OC)C(=O)c1sccc1-n1cnnn1. The molecule has 0 aliphatic rings. The molecule has 2 aromatic heterocycles. The standard InChI is InChI=1S/C11H13N5O3S/c1-3-15(6-9(17)19-2)11(18)10-8(4-5-20-10)16-7-12-13-14-16/h4-5,7H,3,6H2,1-2H3. The molecule has 0 unspecified atom stereocenters. The van der Waals surface area contributed by atoms with E-state index in [1.165, 1.54) is 34.4 Å². The number of likely N-dealkylation sites (N-methyl/N-ethyl adjacent to an activating group) is 1. The summed E-state index contributed by atoms with van der Waals surface area (Å²) in [6.07, 6.45) is 1.41. The van der Waals surface area contributed by atoms with Crippen molar-refractivity contribution < 1.29 is 14.3 Å². The maximum atomic E-state index is 12.5. The number of hydrogen-bond donors (Lipinski definition) is 0. The Hall–Kier alpha value is -2.29. The summed E-state index contributed by atoms with van der Waals surface area (Å²) in [5, 5.41) is 12.6. The first-order valence-corrected chi connectivity index (χ1v) is 6.72. The maximum absolute atomic E-state index is 12.5. The number of hydrogen-bond acceptors (Lipinski definition) is 7. The zero-order valence-corrected chi connectivity index (χ0v) is 11.8. The lowest BCUT2D eigenvalue weighted by Gasteiger charge is -2.19. The number of esters is 1. The molecule has 0 N–H and O–H groups in total. The monoisotopic (exact) mass is 295 g/mol. The zero-order chi connectivity index (χ0) is 14.5. The molecule has 0 atom stereocenters. The first kappa shape index (κ1) is 14.1. The van der Waals surface area contributed by atoms with Gasteiger partial charge in [0.25, 0.3) is 5.91 Å². The van der Waals surface area contributed by atoms with Crippen LogP contribution in [0.1, 0.15) is 16.6 Å². The Labute approximate surface area is 118 Å². The van der Waals surface area contributed by atoms with Crippen molar-refractivity contribution in [2.45, 2.75) is 6.92 Å². The number of thiophene rings is 1. The predicted octanol–water partition coefficient (Wildman–Crippen LogP) is 0.359. The average molecular weight is 295 g/mol. The minimum atomic E-state index is -0.458. The molecule has 0 bridgehead atoms. The van der Waals surface area contributed by atoms with Crippen molar-refractivity contribution in [2.24, 2.45) is 0 Å². The summed E-state index contributed by atoms with van der Waals surface area (Å²) in [5.74, 6) is -0.709. The molecule has 8 nitrogen and oxygen atoms in total. The molecule has 1 amide bonds. The van der Waals surface area contributed by atoms with Crippen LogP contribution in [0.25, 0.3) is 5.69 Å². The van der Waals surface area contributed by atoms with Gasteiger partial charge in [0.1, 0.15) is 17.7 Å². The second-order valence-electron chi connectivity index (χ2n) is 3.78. The normalized spacial score (nSPS) is 10.3. The predicted molar refractivity (Wildman–Crippen MR) is 70.6 cm³/mol. The van der Waals surface area contributed by atoms with Crippen molar-refractivity contribution >= 4 is 23.2 Å². The summed E-state index contributed by atoms with van der Waals surface area (Å²) in [6, 6.07) is 1.75. The van der Waals surface area contributed by atoms with Crippen LogP contribution in [0.4, 0.5) is 0 Å². The second kappa shape index (κ2) is 6.24. The number of methoxy groups -OCH3 is 1. The topological polar surface area (TPSA) is 90.2 Å². The van der Waals surface area contributed by atoms with Crippen LogP contribution in [0.2, 0.25) is 0 Å². The third-order valence-corrected chi connectivity index (χ3v) is 3.54. The molecule has 0 radical (unpaired) electrons. The summed E-state index contributed by atoms with van der Waals surface area (Å²) < 4.78 is 6.00. The van der Waals surface area contributed by atoms with E-state index in [0.717, 1.165) is 0 Å². The Balaban J connectivity index is 2.25. The van der Waals surface area contributed by atoms with E-state index in [-0.39, 0.29) is 12.5 Å². The van der Waals surface area contributed by atoms with Crippen molar-refractivity contribution in [3.05, 3.63) is 22.7 Å². The van der Waals surface area contributed by atoms with E-state index in [9.17, 15) is 9.59 Å². The minimum absolute atomic E-state index is 0.0845. The highest BCUT2D eigenvalue weighted by molar-refractivity contribution is 7.12. The van der Waals surface area contributed by atoms with E-state index in [4.69, 9.17) is 0 Å². The van der Waals surface area contributed by atoms with Crippen molar-refractivity contribution in [3.63, 3.8) is 0 Å². The number of nitrogens with zero attached hydrogens (tertiary/aromatic N) is 5. The van der Waals surface area contributed by atoms with Crippen molar-refractivity contribution in [1.29, 1.82) is 0 Å². The van der Waals surface area contributed by atoms with Crippen molar-refractivity contribution in [1.82, 2.24) is 25.1 Å². The number of carbonyl (C=O) groups excluding carboxylic acids is 2. The van der Waals surface area contributed by atoms with Gasteiger partial charge in [-0.05, 0) is 28.8 Å². The second-order valence-corrected chi connectivity index (χ2v) is 4.70. The van der Waals surface area contributed by atoms with E-state index in [1.807, 2.05) is 0 Å². The summed E-state index contributed by atoms with van der Waals surface area (Å²) >= 11 is 1.27. The van der Waals surface area contributed by atoms with Gasteiger partial charge in [0.15, 0.2) is 0 Å². The Morgan fingerprint density at radius 3 is 2.90 bits per heavy atom. The number of aromatic nitrogens is 4. The zero-order valence-electron chi connectivity index (χ0n) is 11.0. The molecule has 0 saturated carbocycles. The number of ether oxygens (including phenoxy) is 1. The largest absolute Gasteiger partial charge is 0.468 e. The van der Waals surface area contributed by atoms with Gasteiger partial charge in [-0.25, -0.2) is 0 Å². The lowest BCUT2D eigenvalue weighted by Crippen LogP contribution is -2.36. The molecule has 0 fully saturated rings. The highest BCUT2D eigenvalue weighted by atomic mass is 32.1. The summed E-state index contributed by atoms with van der Waals surface area (Å²) in [5.41, 5.74) is 0.591. The van der Waals surface area contributed by atoms with E-state index in [0.29, 0.717) is 17.1 Å². The van der Waals surface area contributed by atoms with Crippen LogP contribution in [-0.2, 0) is 9.53 Å². The van der Waals surface area contributed by atoms with E-state index >= 15 is 0 Å². The van der Waals surface area contributed by atoms with Crippen LogP contribution in [0.15, 0.2) is 17.8 Å². The third-order valence-electron chi connectivity index (χ3n) is 2.65. The molecule has 9 heteroatoms. The highest BCUT2D eigenvalue weighted by Gasteiger charge is 2.22. The first-order valence-electron chi connectivity index (χ1n) is 5.84. The summed E-state index contributed by atoms with van der Waals surface area (Å²) in [7, 11) is 1.29. The van der Waals surface area contributed by atoms with Gasteiger partial charge < -0.3 is 9.64 Å². The average Bonchev–Trinajstić information content (AvgIpc) is 3.12. The van der Waals surface area contributed by atoms with Crippen LogP contribution in [0.5, 0.6) is 0 Å². The van der Waals surface area contributed by atoms with E-state index in [1.54, 1.807) is 18.4 Å². The first-order chi connectivity index (χ1) is 9.67. The smallest absolute Gasteiger partial charge is 0.325 e. The van der Waals surface area contributed by atoms with Gasteiger partial charge in [0.05, 0.1) is 12.8 Å². The molecular formula is C11H13N5O3S. The van der Waals surface area contributed by atoms with Crippen LogP contribution in [0.3, 0.4) is 0 Å². The van der Waals surface area contributed by atoms with E-state index in [2.05, 4.69) is 20.3 Å². The molecule has 20 heavy (non-hydrogen) atoms. The summed E-state index contributed by atoms with van der Waals surface area (Å²) in [4.78, 5) is 25.7. The Bertz CT molecular complexity index is 595. The fourth-order valence-corrected chi connectivity index (χ4v) is 2.45. The van der Waals surface area contributed by atoms with Gasteiger partial charge >= 0.3 is 5.97 Å². The fourth-order valence-electron chi connectivity index (χ4n) is 1.61. The number of carbonyl (C=O) groups is 2. The quantitative estimate of drug-likeness (QED) is 0.740. The lowest BCUT2D eigenvalue weighted by atomic mass is 10.3. The molecule has 2 heterocycles. The van der Waals surface area contributed by atoms with Gasteiger partial charge in [0.2, 0.25) is 0 Å². The number of rotatable bonds is 5. The van der Waals surface area contributed by atoms with Gasteiger partial charge in [-0.3, -0.25) is 9.59 Å². The molecular weight excluding hydrogens is 282 g/mol. The Morgan fingerprint density at radius 2 is 2.30 bits per heavy atom. The maximum Gasteiger partial charge on any atom is 0.325 e. The number of tetrazole rings is 1. The molecule has 0 spiro atoms. The highest BCUT2D eigenvalue weighted by Crippen LogP contribution is 2.21. The molecule has 2 aromatic rings. The number of amides is 1. The van der Waals surface area contributed by atoms with E-state index < -0.39 is 5.97 Å². The molecule has 0 aliphatic heterocycles. The van der Waals surface area contributed by atoms with Gasteiger partial charge in [-0.2, -0.15) is 4.68 Å². The van der Waals surface area contributed by atoms with Gasteiger partial charge in [-0.1, -0.05) is 0 Å². The van der Waals surface area contributed by atoms with Crippen LogP contribution >= 0.6 is 11.3 Å². The van der Waals surface area contributed by atoms with Crippen LogP contribution in [0, 0.1) is 0 Å². The molecule has 0 saturated heterocycles.